The van der Waals surface area contributed by atoms with E-state index in [1.54, 1.807) is 6.20 Å². The first kappa shape index (κ1) is 13.4. The highest BCUT2D eigenvalue weighted by atomic mass is 16.5. The largest absolute Gasteiger partial charge is 0.480 e. The second-order valence-electron chi connectivity index (χ2n) is 6.05. The minimum atomic E-state index is -0.363. The normalized spacial score (nSPS) is 23.9. The summed E-state index contributed by atoms with van der Waals surface area (Å²) in [7, 11) is 0. The Morgan fingerprint density at radius 2 is 2.23 bits per heavy atom. The van der Waals surface area contributed by atoms with Gasteiger partial charge in [0.2, 0.25) is 0 Å². The minimum Gasteiger partial charge on any atom is -0.480 e. The molecule has 2 aliphatic rings. The van der Waals surface area contributed by atoms with Crippen LogP contribution in [0.4, 0.5) is 0 Å². The number of nitrogens with zero attached hydrogens (tertiary/aromatic N) is 2. The van der Waals surface area contributed by atoms with Gasteiger partial charge in [-0.25, -0.2) is 0 Å². The van der Waals surface area contributed by atoms with E-state index in [1.807, 2.05) is 35.2 Å². The standard InChI is InChI=1S/C17H19N3O2/c21-17(16-10-12-4-1-2-6-15(12)22-16)20-9-3-5-13(11-20)14-7-8-18-19-14/h1-2,4,6-8,13,16H,3,5,9-11H2,(H,18,19)/t13-,16+/m1/s1. The maximum absolute atomic E-state index is 12.8. The van der Waals surface area contributed by atoms with E-state index in [0.717, 1.165) is 42.9 Å². The topological polar surface area (TPSA) is 58.2 Å². The summed E-state index contributed by atoms with van der Waals surface area (Å²) in [4.78, 5) is 14.7. The maximum Gasteiger partial charge on any atom is 0.264 e. The van der Waals surface area contributed by atoms with Crippen molar-refractivity contribution in [3.8, 4) is 5.75 Å². The predicted octanol–water partition coefficient (Wildman–Crippen LogP) is 2.12. The van der Waals surface area contributed by atoms with Crippen molar-refractivity contribution in [3.63, 3.8) is 0 Å². The van der Waals surface area contributed by atoms with Crippen LogP contribution in [0.15, 0.2) is 36.5 Å². The summed E-state index contributed by atoms with van der Waals surface area (Å²) in [6, 6.07) is 9.91. The average molecular weight is 297 g/mol. The van der Waals surface area contributed by atoms with Crippen LogP contribution in [0.5, 0.6) is 5.75 Å². The molecule has 0 saturated carbocycles. The SMILES string of the molecule is O=C([C@@H]1Cc2ccccc2O1)N1CCC[C@@H](c2ccn[nH]2)C1. The molecule has 5 nitrogen and oxygen atoms in total. The van der Waals surface area contributed by atoms with Crippen LogP contribution in [0, 0.1) is 0 Å². The van der Waals surface area contributed by atoms with Gasteiger partial charge in [0.25, 0.3) is 5.91 Å². The summed E-state index contributed by atoms with van der Waals surface area (Å²) < 4.78 is 5.84. The number of aromatic amines is 1. The summed E-state index contributed by atoms with van der Waals surface area (Å²) in [5.74, 6) is 1.31. The molecule has 0 bridgehead atoms. The lowest BCUT2D eigenvalue weighted by Crippen LogP contribution is -2.46. The van der Waals surface area contributed by atoms with Gasteiger partial charge in [-0.2, -0.15) is 5.10 Å². The molecule has 1 aromatic carbocycles. The highest BCUT2D eigenvalue weighted by molar-refractivity contribution is 5.82. The Kier molecular flexibility index (Phi) is 3.33. The number of nitrogens with one attached hydrogen (secondary N) is 1. The first-order valence-electron chi connectivity index (χ1n) is 7.84. The zero-order valence-corrected chi connectivity index (χ0v) is 12.4. The summed E-state index contributed by atoms with van der Waals surface area (Å²) in [5.41, 5.74) is 2.25. The lowest BCUT2D eigenvalue weighted by molar-refractivity contribution is -0.139. The number of piperidine rings is 1. The number of benzene rings is 1. The van der Waals surface area contributed by atoms with Gasteiger partial charge in [0.1, 0.15) is 5.75 Å². The van der Waals surface area contributed by atoms with Crippen LogP contribution in [0.3, 0.4) is 0 Å². The zero-order valence-electron chi connectivity index (χ0n) is 12.4. The van der Waals surface area contributed by atoms with Gasteiger partial charge in [-0.1, -0.05) is 18.2 Å². The highest BCUT2D eigenvalue weighted by Gasteiger charge is 2.34. The molecule has 2 aromatic rings. The number of hydrogen-bond donors (Lipinski definition) is 1. The first-order valence-corrected chi connectivity index (χ1v) is 7.84. The van der Waals surface area contributed by atoms with Crippen LogP contribution in [-0.2, 0) is 11.2 Å². The Morgan fingerprint density at radius 3 is 3.05 bits per heavy atom. The number of likely N-dealkylation sites (tertiary alicyclic amines) is 1. The van der Waals surface area contributed by atoms with Crippen LogP contribution in [0.1, 0.15) is 30.0 Å². The van der Waals surface area contributed by atoms with Crippen molar-refractivity contribution in [1.82, 2.24) is 15.1 Å². The van der Waals surface area contributed by atoms with Crippen LogP contribution in [0.2, 0.25) is 0 Å². The Morgan fingerprint density at radius 1 is 1.32 bits per heavy atom. The zero-order chi connectivity index (χ0) is 14.9. The van der Waals surface area contributed by atoms with Gasteiger partial charge in [-0.3, -0.25) is 9.89 Å². The van der Waals surface area contributed by atoms with E-state index >= 15 is 0 Å². The molecule has 1 aromatic heterocycles. The number of amides is 1. The van der Waals surface area contributed by atoms with Crippen molar-refractivity contribution in [2.45, 2.75) is 31.3 Å². The van der Waals surface area contributed by atoms with Crippen molar-refractivity contribution in [2.75, 3.05) is 13.1 Å². The molecule has 5 heteroatoms. The Balaban J connectivity index is 1.45. The highest BCUT2D eigenvalue weighted by Crippen LogP contribution is 2.31. The Labute approximate surface area is 129 Å². The third-order valence-electron chi connectivity index (χ3n) is 4.62. The molecule has 2 atom stereocenters. The number of para-hydroxylation sites is 1. The molecule has 22 heavy (non-hydrogen) atoms. The Bertz CT molecular complexity index is 643. The number of carbonyl (C=O) groups excluding carboxylic acids is 1. The number of aromatic nitrogens is 2. The van der Waals surface area contributed by atoms with Crippen LogP contribution in [-0.4, -0.2) is 40.2 Å². The quantitative estimate of drug-likeness (QED) is 0.923. The maximum atomic E-state index is 12.8. The fourth-order valence-electron chi connectivity index (χ4n) is 3.45. The van der Waals surface area contributed by atoms with E-state index in [9.17, 15) is 4.79 Å². The van der Waals surface area contributed by atoms with Gasteiger partial charge in [-0.05, 0) is 30.5 Å². The molecular weight excluding hydrogens is 278 g/mol. The molecule has 4 rings (SSSR count). The molecule has 0 spiro atoms. The molecule has 114 valence electrons. The number of ether oxygens (including phenoxy) is 1. The van der Waals surface area contributed by atoms with Gasteiger partial charge in [0.05, 0.1) is 0 Å². The second-order valence-corrected chi connectivity index (χ2v) is 6.05. The molecular formula is C17H19N3O2. The summed E-state index contributed by atoms with van der Waals surface area (Å²) in [6.45, 7) is 1.57. The summed E-state index contributed by atoms with van der Waals surface area (Å²) >= 11 is 0. The molecule has 1 fully saturated rings. The fourth-order valence-corrected chi connectivity index (χ4v) is 3.45. The number of carbonyl (C=O) groups is 1. The van der Waals surface area contributed by atoms with Gasteiger partial charge in [-0.15, -0.1) is 0 Å². The minimum absolute atomic E-state index is 0.111. The van der Waals surface area contributed by atoms with E-state index in [2.05, 4.69) is 10.2 Å². The van der Waals surface area contributed by atoms with E-state index in [0.29, 0.717) is 12.3 Å². The lowest BCUT2D eigenvalue weighted by atomic mass is 9.94. The van der Waals surface area contributed by atoms with E-state index in [1.165, 1.54) is 0 Å². The third-order valence-corrected chi connectivity index (χ3v) is 4.62. The fraction of sp³-hybridized carbons (Fsp3) is 0.412. The van der Waals surface area contributed by atoms with Crippen LogP contribution >= 0.6 is 0 Å². The molecule has 2 aliphatic heterocycles. The molecule has 3 heterocycles. The predicted molar refractivity (Wildman–Crippen MR) is 81.7 cm³/mol. The first-order chi connectivity index (χ1) is 10.8. The van der Waals surface area contributed by atoms with Gasteiger partial charge in [0.15, 0.2) is 6.10 Å². The molecule has 1 N–H and O–H groups in total. The molecule has 1 saturated heterocycles. The number of H-pyrrole nitrogens is 1. The van der Waals surface area contributed by atoms with E-state index < -0.39 is 0 Å². The molecule has 0 aliphatic carbocycles. The summed E-state index contributed by atoms with van der Waals surface area (Å²) in [6.07, 6.45) is 4.21. The smallest absolute Gasteiger partial charge is 0.264 e. The van der Waals surface area contributed by atoms with Gasteiger partial charge < -0.3 is 9.64 Å². The number of rotatable bonds is 2. The lowest BCUT2D eigenvalue weighted by Gasteiger charge is -2.33. The average Bonchev–Trinajstić information content (AvgIpc) is 3.23. The molecule has 1 amide bonds. The van der Waals surface area contributed by atoms with Crippen LogP contribution < -0.4 is 4.74 Å². The Hall–Kier alpha value is -2.30. The van der Waals surface area contributed by atoms with E-state index in [-0.39, 0.29) is 12.0 Å². The molecule has 0 unspecified atom stereocenters. The summed E-state index contributed by atoms with van der Waals surface area (Å²) in [5, 5.41) is 7.05. The number of hydrogen-bond acceptors (Lipinski definition) is 3. The van der Waals surface area contributed by atoms with Crippen LogP contribution in [0.25, 0.3) is 0 Å². The van der Waals surface area contributed by atoms with Gasteiger partial charge in [0, 0.05) is 37.3 Å². The van der Waals surface area contributed by atoms with Crippen molar-refractivity contribution >= 4 is 5.91 Å². The van der Waals surface area contributed by atoms with Crippen molar-refractivity contribution in [2.24, 2.45) is 0 Å². The van der Waals surface area contributed by atoms with E-state index in [4.69, 9.17) is 4.74 Å². The number of fused-ring (bicyclic) bond motifs is 1. The van der Waals surface area contributed by atoms with Crippen molar-refractivity contribution < 1.29 is 9.53 Å². The second kappa shape index (κ2) is 5.48. The monoisotopic (exact) mass is 297 g/mol. The van der Waals surface area contributed by atoms with Crippen molar-refractivity contribution in [1.29, 1.82) is 0 Å². The third kappa shape index (κ3) is 2.36. The van der Waals surface area contributed by atoms with Crippen molar-refractivity contribution in [3.05, 3.63) is 47.8 Å². The molecule has 0 radical (unpaired) electrons. The van der Waals surface area contributed by atoms with Gasteiger partial charge >= 0.3 is 0 Å².